The van der Waals surface area contributed by atoms with Gasteiger partial charge in [0.1, 0.15) is 0 Å². The molecule has 21 heavy (non-hydrogen) atoms. The van der Waals surface area contributed by atoms with Gasteiger partial charge in [0.15, 0.2) is 0 Å². The van der Waals surface area contributed by atoms with Gasteiger partial charge in [-0.25, -0.2) is 0 Å². The lowest BCUT2D eigenvalue weighted by molar-refractivity contribution is 1.03. The lowest BCUT2D eigenvalue weighted by Gasteiger charge is -2.25. The average molecular weight is 272 g/mol. The molecule has 102 valence electrons. The van der Waals surface area contributed by atoms with E-state index in [0.29, 0.717) is 5.56 Å². The van der Waals surface area contributed by atoms with Crippen molar-refractivity contribution in [3.05, 3.63) is 72.3 Å². The van der Waals surface area contributed by atoms with Crippen LogP contribution in [0.25, 0.3) is 10.8 Å². The number of benzene rings is 3. The van der Waals surface area contributed by atoms with Gasteiger partial charge in [0.05, 0.1) is 11.6 Å². The summed E-state index contributed by atoms with van der Waals surface area (Å²) in [6, 6.07) is 24.7. The van der Waals surface area contributed by atoms with Gasteiger partial charge in [-0.05, 0) is 36.6 Å². The van der Waals surface area contributed by atoms with Crippen LogP contribution in [0.3, 0.4) is 0 Å². The van der Waals surface area contributed by atoms with Crippen LogP contribution in [-0.4, -0.2) is 6.54 Å². The van der Waals surface area contributed by atoms with Crippen LogP contribution in [0.4, 0.5) is 11.4 Å². The Bertz CT molecular complexity index is 810. The number of anilines is 2. The molecular formula is C19H16N2. The molecule has 0 heterocycles. The molecule has 0 aliphatic rings. The highest BCUT2D eigenvalue weighted by atomic mass is 15.1. The fraction of sp³-hybridized carbons (Fsp3) is 0.105. The van der Waals surface area contributed by atoms with Gasteiger partial charge in [-0.3, -0.25) is 0 Å². The van der Waals surface area contributed by atoms with E-state index in [2.05, 4.69) is 60.4 Å². The van der Waals surface area contributed by atoms with Crippen molar-refractivity contribution >= 4 is 22.1 Å². The number of hydrogen-bond donors (Lipinski definition) is 0. The molecule has 0 fully saturated rings. The molecule has 2 nitrogen and oxygen atoms in total. The number of hydrogen-bond acceptors (Lipinski definition) is 2. The zero-order chi connectivity index (χ0) is 14.7. The first-order chi connectivity index (χ1) is 10.3. The number of nitrogens with zero attached hydrogens (tertiary/aromatic N) is 2. The molecular weight excluding hydrogens is 256 g/mol. The molecule has 0 radical (unpaired) electrons. The van der Waals surface area contributed by atoms with Crippen LogP contribution in [0, 0.1) is 11.3 Å². The van der Waals surface area contributed by atoms with Crippen molar-refractivity contribution in [2.45, 2.75) is 6.92 Å². The Morgan fingerprint density at radius 2 is 1.71 bits per heavy atom. The Kier molecular flexibility index (Phi) is 3.57. The Morgan fingerprint density at radius 1 is 0.952 bits per heavy atom. The van der Waals surface area contributed by atoms with Gasteiger partial charge in [0.2, 0.25) is 0 Å². The smallest absolute Gasteiger partial charge is 0.0992 e. The molecule has 0 saturated carbocycles. The van der Waals surface area contributed by atoms with E-state index in [-0.39, 0.29) is 0 Å². The van der Waals surface area contributed by atoms with Crippen LogP contribution in [0.15, 0.2) is 66.7 Å². The topological polar surface area (TPSA) is 27.0 Å². The number of rotatable bonds is 3. The minimum absolute atomic E-state index is 0.686. The predicted molar refractivity (Wildman–Crippen MR) is 87.8 cm³/mol. The molecule has 2 heteroatoms. The van der Waals surface area contributed by atoms with Crippen LogP contribution in [0.1, 0.15) is 12.5 Å². The standard InChI is InChI=1S/C19H16N2/c1-2-21(17-10-5-7-15(13-17)14-20)19-12-6-9-16-8-3-4-11-18(16)19/h3-13H,2H2,1H3. The van der Waals surface area contributed by atoms with E-state index in [9.17, 15) is 0 Å². The Labute approximate surface area is 124 Å². The summed E-state index contributed by atoms with van der Waals surface area (Å²) in [4.78, 5) is 2.24. The quantitative estimate of drug-likeness (QED) is 0.680. The molecule has 0 aliphatic heterocycles. The van der Waals surface area contributed by atoms with Gasteiger partial charge in [0, 0.05) is 23.3 Å². The molecule has 0 N–H and O–H groups in total. The van der Waals surface area contributed by atoms with Crippen molar-refractivity contribution in [1.29, 1.82) is 5.26 Å². The molecule has 0 atom stereocenters. The average Bonchev–Trinajstić information content (AvgIpc) is 2.56. The second kappa shape index (κ2) is 5.68. The minimum Gasteiger partial charge on any atom is -0.341 e. The van der Waals surface area contributed by atoms with E-state index in [1.54, 1.807) is 0 Å². The van der Waals surface area contributed by atoms with E-state index < -0.39 is 0 Å². The van der Waals surface area contributed by atoms with Gasteiger partial charge in [0.25, 0.3) is 0 Å². The highest BCUT2D eigenvalue weighted by Gasteiger charge is 2.10. The largest absolute Gasteiger partial charge is 0.341 e. The fourth-order valence-electron chi connectivity index (χ4n) is 2.68. The van der Waals surface area contributed by atoms with Gasteiger partial charge >= 0.3 is 0 Å². The van der Waals surface area contributed by atoms with E-state index in [1.165, 1.54) is 16.5 Å². The molecule has 0 spiro atoms. The monoisotopic (exact) mass is 272 g/mol. The van der Waals surface area contributed by atoms with Gasteiger partial charge < -0.3 is 4.90 Å². The molecule has 0 aliphatic carbocycles. The molecule has 3 aromatic rings. The third-order valence-corrected chi connectivity index (χ3v) is 3.66. The maximum absolute atomic E-state index is 9.09. The summed E-state index contributed by atoms with van der Waals surface area (Å²) in [5, 5.41) is 11.5. The summed E-state index contributed by atoms with van der Waals surface area (Å²) in [5.41, 5.74) is 2.91. The second-order valence-corrected chi connectivity index (χ2v) is 4.90. The van der Waals surface area contributed by atoms with Crippen LogP contribution >= 0.6 is 0 Å². The van der Waals surface area contributed by atoms with Crippen molar-refractivity contribution in [2.24, 2.45) is 0 Å². The normalized spacial score (nSPS) is 10.3. The van der Waals surface area contributed by atoms with Gasteiger partial charge in [-0.2, -0.15) is 5.26 Å². The van der Waals surface area contributed by atoms with Crippen molar-refractivity contribution in [3.8, 4) is 6.07 Å². The lowest BCUT2D eigenvalue weighted by Crippen LogP contribution is -2.16. The summed E-state index contributed by atoms with van der Waals surface area (Å²) in [7, 11) is 0. The predicted octanol–water partition coefficient (Wildman–Crippen LogP) is 4.87. The molecule has 0 unspecified atom stereocenters. The SMILES string of the molecule is CCN(c1cccc(C#N)c1)c1cccc2ccccc12. The van der Waals surface area contributed by atoms with Crippen LogP contribution in [0.2, 0.25) is 0 Å². The Balaban J connectivity index is 2.16. The van der Waals surface area contributed by atoms with Gasteiger partial charge in [-0.15, -0.1) is 0 Å². The van der Waals surface area contributed by atoms with Gasteiger partial charge in [-0.1, -0.05) is 42.5 Å². The Morgan fingerprint density at radius 3 is 2.52 bits per heavy atom. The van der Waals surface area contributed by atoms with E-state index in [4.69, 9.17) is 5.26 Å². The van der Waals surface area contributed by atoms with Crippen LogP contribution < -0.4 is 4.90 Å². The number of nitriles is 1. The summed E-state index contributed by atoms with van der Waals surface area (Å²) < 4.78 is 0. The summed E-state index contributed by atoms with van der Waals surface area (Å²) in [5.74, 6) is 0. The highest BCUT2D eigenvalue weighted by Crippen LogP contribution is 2.32. The second-order valence-electron chi connectivity index (χ2n) is 4.90. The van der Waals surface area contributed by atoms with Crippen LogP contribution in [0.5, 0.6) is 0 Å². The summed E-state index contributed by atoms with van der Waals surface area (Å²) >= 11 is 0. The zero-order valence-electron chi connectivity index (χ0n) is 12.0. The zero-order valence-corrected chi connectivity index (χ0v) is 12.0. The molecule has 0 amide bonds. The number of fused-ring (bicyclic) bond motifs is 1. The first kappa shape index (κ1) is 13.2. The highest BCUT2D eigenvalue weighted by molar-refractivity contribution is 5.96. The maximum Gasteiger partial charge on any atom is 0.0992 e. The maximum atomic E-state index is 9.09. The van der Waals surface area contributed by atoms with Crippen molar-refractivity contribution in [1.82, 2.24) is 0 Å². The van der Waals surface area contributed by atoms with Crippen molar-refractivity contribution < 1.29 is 0 Å². The Hall–Kier alpha value is -2.79. The molecule has 3 rings (SSSR count). The summed E-state index contributed by atoms with van der Waals surface area (Å²) in [6.07, 6.45) is 0. The molecule has 0 bridgehead atoms. The fourth-order valence-corrected chi connectivity index (χ4v) is 2.68. The van der Waals surface area contributed by atoms with Crippen molar-refractivity contribution in [3.63, 3.8) is 0 Å². The molecule has 0 aromatic heterocycles. The summed E-state index contributed by atoms with van der Waals surface area (Å²) in [6.45, 7) is 2.98. The first-order valence-electron chi connectivity index (χ1n) is 7.09. The lowest BCUT2D eigenvalue weighted by atomic mass is 10.1. The van der Waals surface area contributed by atoms with E-state index in [0.717, 1.165) is 12.2 Å². The van der Waals surface area contributed by atoms with E-state index in [1.807, 2.05) is 24.3 Å². The minimum atomic E-state index is 0.686. The molecule has 3 aromatic carbocycles. The van der Waals surface area contributed by atoms with Crippen LogP contribution in [-0.2, 0) is 0 Å². The van der Waals surface area contributed by atoms with Crippen molar-refractivity contribution in [2.75, 3.05) is 11.4 Å². The molecule has 0 saturated heterocycles. The van der Waals surface area contributed by atoms with E-state index >= 15 is 0 Å². The first-order valence-corrected chi connectivity index (χ1v) is 7.09. The third kappa shape index (κ3) is 2.46. The third-order valence-electron chi connectivity index (χ3n) is 3.66.